The van der Waals surface area contributed by atoms with E-state index >= 15 is 0 Å². The van der Waals surface area contributed by atoms with Gasteiger partial charge in [0.05, 0.1) is 95.3 Å². The van der Waals surface area contributed by atoms with Crippen molar-refractivity contribution >= 4 is 121 Å². The Morgan fingerprint density at radius 3 is 0.800 bits per heavy atom. The maximum Gasteiger partial charge on any atom is 0.0992 e. The molecule has 0 saturated carbocycles. The van der Waals surface area contributed by atoms with Crippen LogP contribution in [0.5, 0.6) is 0 Å². The smallest absolute Gasteiger partial charge is 0.0992 e. The van der Waals surface area contributed by atoms with Crippen LogP contribution in [-0.4, -0.2) is 18.3 Å². The number of hydrogen-bond donors (Lipinski definition) is 0. The summed E-state index contributed by atoms with van der Waals surface area (Å²) < 4.78 is 10.5. The molecule has 6 heteroatoms. The molecule has 1 aliphatic heterocycles. The summed E-state index contributed by atoms with van der Waals surface area (Å²) in [5, 5.41) is 9.42. The van der Waals surface area contributed by atoms with Gasteiger partial charge in [0.1, 0.15) is 0 Å². The highest BCUT2D eigenvalue weighted by molar-refractivity contribution is 6.20. The van der Waals surface area contributed by atoms with E-state index in [1.807, 2.05) is 0 Å². The van der Waals surface area contributed by atoms with E-state index in [0.717, 1.165) is 112 Å². The van der Waals surface area contributed by atoms with Crippen molar-refractivity contribution in [3.8, 4) is 33.9 Å². The molecule has 0 fully saturated rings. The third-order valence-corrected chi connectivity index (χ3v) is 17.9. The summed E-state index contributed by atoms with van der Waals surface area (Å²) in [6, 6.07) is 110. The molecule has 0 N–H and O–H groups in total. The Morgan fingerprint density at radius 1 is 0.212 bits per heavy atom. The molecule has 17 aromatic rings. The van der Waals surface area contributed by atoms with Gasteiger partial charge in [0.25, 0.3) is 0 Å². The molecular weight excluding hydrogens is 1030 g/mol. The van der Waals surface area contributed by atoms with Crippen LogP contribution in [-0.2, 0) is 0 Å². The quantitative estimate of drug-likeness (QED) is 0.159. The second kappa shape index (κ2) is 18.3. The lowest BCUT2D eigenvalue weighted by Crippen LogP contribution is -2.27. The molecular formula is C79H52N6. The van der Waals surface area contributed by atoms with Crippen molar-refractivity contribution in [2.45, 2.75) is 6.92 Å². The third-order valence-electron chi connectivity index (χ3n) is 17.9. The zero-order chi connectivity index (χ0) is 55.9. The van der Waals surface area contributed by atoms with Crippen molar-refractivity contribution in [2.24, 2.45) is 0 Å². The summed E-state index contributed by atoms with van der Waals surface area (Å²) in [7, 11) is 0. The SMILES string of the molecule is Cc1cccc(-c2c(-n3c4ccccc4c4ccccc43)c(-n3c4ccccc4c4ccccc43)c(N3c4ccccc4N(c4ccccc4)c4ccccc43)c(-n3c4ccccc4c4ccccc43)c2-n2c3ccccc3c3ccccc32)c1. The normalized spacial score (nSPS) is 12.5. The van der Waals surface area contributed by atoms with Gasteiger partial charge in [-0.2, -0.15) is 0 Å². The molecule has 6 nitrogen and oxygen atoms in total. The number of rotatable bonds is 7. The molecule has 13 aromatic carbocycles. The fraction of sp³-hybridized carbons (Fsp3) is 0.0127. The van der Waals surface area contributed by atoms with E-state index in [1.165, 1.54) is 48.7 Å². The van der Waals surface area contributed by atoms with Crippen LogP contribution in [0.1, 0.15) is 5.56 Å². The number of aromatic nitrogens is 4. The zero-order valence-electron chi connectivity index (χ0n) is 46.5. The summed E-state index contributed by atoms with van der Waals surface area (Å²) in [6.45, 7) is 2.24. The van der Waals surface area contributed by atoms with Crippen molar-refractivity contribution in [3.63, 3.8) is 0 Å². The van der Waals surface area contributed by atoms with Gasteiger partial charge in [-0.1, -0.05) is 218 Å². The van der Waals surface area contributed by atoms with Crippen molar-refractivity contribution < 1.29 is 0 Å². The molecule has 5 heterocycles. The first-order valence-electron chi connectivity index (χ1n) is 29.3. The van der Waals surface area contributed by atoms with Gasteiger partial charge in [0.15, 0.2) is 0 Å². The van der Waals surface area contributed by atoms with E-state index in [0.29, 0.717) is 0 Å². The molecule has 0 amide bonds. The van der Waals surface area contributed by atoms with E-state index in [9.17, 15) is 0 Å². The first kappa shape index (κ1) is 47.3. The fourth-order valence-corrected chi connectivity index (χ4v) is 14.5. The fourth-order valence-electron chi connectivity index (χ4n) is 14.5. The van der Waals surface area contributed by atoms with Crippen molar-refractivity contribution in [1.82, 2.24) is 18.3 Å². The summed E-state index contributed by atoms with van der Waals surface area (Å²) in [4.78, 5) is 5.08. The van der Waals surface area contributed by atoms with Crippen molar-refractivity contribution in [2.75, 3.05) is 9.80 Å². The van der Waals surface area contributed by atoms with E-state index in [4.69, 9.17) is 0 Å². The van der Waals surface area contributed by atoms with E-state index in [1.54, 1.807) is 0 Å². The molecule has 1 aliphatic rings. The zero-order valence-corrected chi connectivity index (χ0v) is 46.5. The first-order chi connectivity index (χ1) is 42.2. The number of anilines is 6. The summed E-state index contributed by atoms with van der Waals surface area (Å²) >= 11 is 0. The number of para-hydroxylation sites is 13. The third kappa shape index (κ3) is 6.70. The van der Waals surface area contributed by atoms with Gasteiger partial charge in [-0.15, -0.1) is 0 Å². The lowest BCUT2D eigenvalue weighted by Gasteiger charge is -2.43. The molecule has 0 saturated heterocycles. The standard InChI is InChI=1S/C79H52N6/c1-51-26-25-27-52(50-51)74-75(81-62-38-13-5-30-54(62)55-31-6-14-39-63(55)81)77(83-66-42-17-9-34-58(66)59-35-10-18-43-67(59)83)79(85-72-48-23-21-46-70(72)80(53-28-3-2-4-29-53)71-47-22-24-49-73(71)85)78(84-68-44-19-11-36-60(68)61-37-12-20-45-69(61)84)76(74)82-64-40-15-7-32-56(64)57-33-8-16-41-65(57)82/h2-50H,1H3. The molecule has 0 spiro atoms. The average Bonchev–Trinajstić information content (AvgIpc) is 1.86. The van der Waals surface area contributed by atoms with Gasteiger partial charge in [-0.3, -0.25) is 0 Å². The minimum absolute atomic E-state index is 1.01. The second-order valence-corrected chi connectivity index (χ2v) is 22.5. The van der Waals surface area contributed by atoms with Crippen LogP contribution < -0.4 is 9.80 Å². The number of nitrogens with zero attached hydrogens (tertiary/aromatic N) is 6. The Kier molecular flexibility index (Phi) is 10.2. The number of fused-ring (bicyclic) bond motifs is 14. The summed E-state index contributed by atoms with van der Waals surface area (Å²) in [5.74, 6) is 0. The predicted octanol–water partition coefficient (Wildman–Crippen LogP) is 21.3. The van der Waals surface area contributed by atoms with Crippen molar-refractivity contribution in [3.05, 3.63) is 303 Å². The maximum atomic E-state index is 2.64. The average molecular weight is 1090 g/mol. The van der Waals surface area contributed by atoms with Crippen LogP contribution in [0, 0.1) is 6.92 Å². The largest absolute Gasteiger partial charge is 0.306 e. The molecule has 85 heavy (non-hydrogen) atoms. The molecule has 398 valence electrons. The van der Waals surface area contributed by atoms with Gasteiger partial charge in [0.2, 0.25) is 0 Å². The molecule has 4 aromatic heterocycles. The molecule has 0 bridgehead atoms. The molecule has 0 radical (unpaired) electrons. The minimum Gasteiger partial charge on any atom is -0.306 e. The summed E-state index contributed by atoms with van der Waals surface area (Å²) in [6.07, 6.45) is 0. The Labute approximate surface area is 490 Å². The van der Waals surface area contributed by atoms with Crippen molar-refractivity contribution in [1.29, 1.82) is 0 Å². The van der Waals surface area contributed by atoms with Crippen LogP contribution >= 0.6 is 0 Å². The highest BCUT2D eigenvalue weighted by Gasteiger charge is 2.40. The van der Waals surface area contributed by atoms with Crippen LogP contribution in [0.3, 0.4) is 0 Å². The van der Waals surface area contributed by atoms with Crippen LogP contribution in [0.4, 0.5) is 34.1 Å². The van der Waals surface area contributed by atoms with Crippen LogP contribution in [0.15, 0.2) is 297 Å². The van der Waals surface area contributed by atoms with Gasteiger partial charge in [-0.05, 0) is 97.4 Å². The Balaban J connectivity index is 1.22. The Hall–Kier alpha value is -11.3. The van der Waals surface area contributed by atoms with E-state index < -0.39 is 0 Å². The topological polar surface area (TPSA) is 26.2 Å². The first-order valence-corrected chi connectivity index (χ1v) is 29.3. The van der Waals surface area contributed by atoms with E-state index in [2.05, 4.69) is 332 Å². The van der Waals surface area contributed by atoms with Gasteiger partial charge in [0, 0.05) is 54.3 Å². The lowest BCUT2D eigenvalue weighted by molar-refractivity contribution is 1.03. The van der Waals surface area contributed by atoms with Gasteiger partial charge in [-0.25, -0.2) is 0 Å². The van der Waals surface area contributed by atoms with E-state index in [-0.39, 0.29) is 0 Å². The highest BCUT2D eigenvalue weighted by atomic mass is 15.3. The highest BCUT2D eigenvalue weighted by Crippen LogP contribution is 2.61. The van der Waals surface area contributed by atoms with Gasteiger partial charge < -0.3 is 28.1 Å². The number of hydrogen-bond acceptors (Lipinski definition) is 2. The predicted molar refractivity (Wildman–Crippen MR) is 357 cm³/mol. The number of aryl methyl sites for hydroxylation is 1. The van der Waals surface area contributed by atoms with Gasteiger partial charge >= 0.3 is 0 Å². The molecule has 0 atom stereocenters. The molecule has 0 unspecified atom stereocenters. The second-order valence-electron chi connectivity index (χ2n) is 22.5. The van der Waals surface area contributed by atoms with Crippen LogP contribution in [0.2, 0.25) is 0 Å². The lowest BCUT2D eigenvalue weighted by atomic mass is 9.93. The van der Waals surface area contributed by atoms with Crippen LogP contribution in [0.25, 0.3) is 121 Å². The molecule has 0 aliphatic carbocycles. The minimum atomic E-state index is 1.01. The Morgan fingerprint density at radius 2 is 0.482 bits per heavy atom. The maximum absolute atomic E-state index is 2.64. The number of benzene rings is 13. The Bertz CT molecular complexity index is 5080. The summed E-state index contributed by atoms with van der Waals surface area (Å²) in [5.41, 5.74) is 22.6. The molecule has 18 rings (SSSR count). The monoisotopic (exact) mass is 1080 g/mol.